The summed E-state index contributed by atoms with van der Waals surface area (Å²) >= 11 is 0. The molecule has 0 aromatic heterocycles. The van der Waals surface area contributed by atoms with Crippen LogP contribution in [-0.2, 0) is 35.1 Å². The van der Waals surface area contributed by atoms with Crippen molar-refractivity contribution in [2.24, 2.45) is 11.8 Å². The maximum absolute atomic E-state index is 15.2. The minimum Gasteiger partial charge on any atom is -0.455 e. The number of nitrogens with zero attached hydrogens (tertiary/aromatic N) is 2. The van der Waals surface area contributed by atoms with Crippen LogP contribution in [0.1, 0.15) is 54.0 Å². The lowest BCUT2D eigenvalue weighted by Gasteiger charge is -2.40. The first kappa shape index (κ1) is 37.7. The van der Waals surface area contributed by atoms with Crippen LogP contribution in [-0.4, -0.2) is 77.2 Å². The normalized spacial score (nSPS) is 23.9. The molecule has 3 fully saturated rings. The Morgan fingerprint density at radius 1 is 1.02 bits per heavy atom. The van der Waals surface area contributed by atoms with Crippen LogP contribution in [0, 0.1) is 25.7 Å². The molecule has 10 heteroatoms. The summed E-state index contributed by atoms with van der Waals surface area (Å²) in [5, 5.41) is 13.8. The van der Waals surface area contributed by atoms with Crippen molar-refractivity contribution in [1.29, 1.82) is 0 Å². The number of ether oxygens (including phenoxy) is 2. The van der Waals surface area contributed by atoms with Crippen molar-refractivity contribution in [3.8, 4) is 0 Å². The first-order valence-corrected chi connectivity index (χ1v) is 18.4. The largest absolute Gasteiger partial charge is 0.455 e. The molecule has 1 spiro atoms. The molecule has 3 aliphatic rings. The predicted molar refractivity (Wildman–Crippen MR) is 202 cm³/mol. The number of allylic oxidation sites excluding steroid dienone is 1. The van der Waals surface area contributed by atoms with Gasteiger partial charge in [-0.3, -0.25) is 19.2 Å². The topological polar surface area (TPSA) is 125 Å². The number of aliphatic hydroxyl groups excluding tert-OH is 1. The second-order valence-electron chi connectivity index (χ2n) is 14.3. The Hall–Kier alpha value is -5.06. The Bertz CT molecular complexity index is 1810. The molecule has 3 aliphatic heterocycles. The van der Waals surface area contributed by atoms with Gasteiger partial charge in [0.15, 0.2) is 0 Å². The van der Waals surface area contributed by atoms with E-state index >= 15 is 4.79 Å². The van der Waals surface area contributed by atoms with Gasteiger partial charge < -0.3 is 29.7 Å². The van der Waals surface area contributed by atoms with Crippen LogP contribution < -0.4 is 10.2 Å². The van der Waals surface area contributed by atoms with Crippen LogP contribution in [0.5, 0.6) is 0 Å². The smallest absolute Gasteiger partial charge is 0.313 e. The fraction of sp³-hybridized carbons (Fsp3) is 0.395. The summed E-state index contributed by atoms with van der Waals surface area (Å²) in [6.45, 7) is 11.3. The second kappa shape index (κ2) is 16.3. The third kappa shape index (κ3) is 7.30. The van der Waals surface area contributed by atoms with Gasteiger partial charge in [-0.05, 0) is 61.8 Å². The van der Waals surface area contributed by atoms with Crippen LogP contribution in [0.3, 0.4) is 0 Å². The van der Waals surface area contributed by atoms with Crippen LogP contribution in [0.15, 0.2) is 104 Å². The zero-order valence-electron chi connectivity index (χ0n) is 30.5. The Labute approximate surface area is 311 Å². The fourth-order valence-corrected chi connectivity index (χ4v) is 8.61. The highest BCUT2D eigenvalue weighted by Gasteiger charge is 2.75. The zero-order chi connectivity index (χ0) is 37.7. The van der Waals surface area contributed by atoms with E-state index in [4.69, 9.17) is 9.47 Å². The van der Waals surface area contributed by atoms with E-state index in [0.717, 1.165) is 22.4 Å². The number of esters is 1. The molecule has 6 rings (SSSR count). The van der Waals surface area contributed by atoms with Gasteiger partial charge in [0.2, 0.25) is 11.8 Å². The summed E-state index contributed by atoms with van der Waals surface area (Å²) in [5.41, 5.74) is 2.74. The molecule has 53 heavy (non-hydrogen) atoms. The monoisotopic (exact) mass is 719 g/mol. The standard InChI is InChI=1S/C43H49N3O7/c1-5-7-21-35(48)44-26-34(31-19-12-9-13-20-31)52-42(51)36-33-22-23-43(53-33)37(36)40(49)46(32(27-47)25-30-17-10-8-11-18-30)39(43)41(50)45(24-6-2)38-28(3)15-14-16-29(38)4/h5-6,8-20,32-34,36-37,39,47H,1-2,7,21-27H2,3-4H3,(H,44,48)/t32-,33-,34+,36+,37+,39-,43+/m1/s1. The number of hydrogen-bond donors (Lipinski definition) is 2. The van der Waals surface area contributed by atoms with Crippen molar-refractivity contribution in [1.82, 2.24) is 10.2 Å². The molecular weight excluding hydrogens is 670 g/mol. The minimum absolute atomic E-state index is 0.0386. The lowest BCUT2D eigenvalue weighted by Crippen LogP contribution is -2.59. The lowest BCUT2D eigenvalue weighted by molar-refractivity contribution is -0.161. The predicted octanol–water partition coefficient (Wildman–Crippen LogP) is 5.17. The lowest BCUT2D eigenvalue weighted by atomic mass is 9.70. The molecular formula is C43H49N3O7. The molecule has 0 unspecified atom stereocenters. The second-order valence-corrected chi connectivity index (χ2v) is 14.3. The van der Waals surface area contributed by atoms with Crippen molar-refractivity contribution in [3.05, 3.63) is 126 Å². The average Bonchev–Trinajstić information content (AvgIpc) is 3.82. The molecule has 2 N–H and O–H groups in total. The first-order chi connectivity index (χ1) is 25.6. The molecule has 3 amide bonds. The number of likely N-dealkylation sites (tertiary alicyclic amines) is 1. The number of carbonyl (C=O) groups is 4. The number of hydrogen-bond acceptors (Lipinski definition) is 7. The van der Waals surface area contributed by atoms with Gasteiger partial charge in [-0.1, -0.05) is 91.0 Å². The van der Waals surface area contributed by atoms with Crippen LogP contribution in [0.4, 0.5) is 5.69 Å². The molecule has 3 heterocycles. The van der Waals surface area contributed by atoms with Crippen molar-refractivity contribution >= 4 is 29.4 Å². The molecule has 3 aromatic rings. The van der Waals surface area contributed by atoms with Crippen LogP contribution in [0.2, 0.25) is 0 Å². The molecule has 7 atom stereocenters. The number of rotatable bonds is 16. The third-order valence-corrected chi connectivity index (χ3v) is 10.9. The average molecular weight is 720 g/mol. The summed E-state index contributed by atoms with van der Waals surface area (Å²) in [7, 11) is 0. The van der Waals surface area contributed by atoms with Crippen LogP contribution in [0.25, 0.3) is 0 Å². The number of aliphatic hydroxyl groups is 1. The summed E-state index contributed by atoms with van der Waals surface area (Å²) in [6.07, 6.45) is 3.72. The number of amides is 3. The SMILES string of the molecule is C=CCCC(=O)NC[C@H](OC(=O)[C@@H]1[C@H]2C(=O)N([C@@H](CO)Cc3ccccc3)[C@H](C(=O)N(CC=C)c3c(C)cccc3C)[C@]23CC[C@H]1O3)c1ccccc1. The molecule has 10 nitrogen and oxygen atoms in total. The number of para-hydroxylation sites is 1. The highest BCUT2D eigenvalue weighted by molar-refractivity contribution is 6.05. The quantitative estimate of drug-likeness (QED) is 0.155. The van der Waals surface area contributed by atoms with Gasteiger partial charge in [0.25, 0.3) is 5.91 Å². The highest BCUT2D eigenvalue weighted by Crippen LogP contribution is 2.59. The summed E-state index contributed by atoms with van der Waals surface area (Å²) in [5.74, 6) is -3.62. The van der Waals surface area contributed by atoms with Crippen molar-refractivity contribution in [3.63, 3.8) is 0 Å². The summed E-state index contributed by atoms with van der Waals surface area (Å²) in [6, 6.07) is 22.6. The van der Waals surface area contributed by atoms with Gasteiger partial charge >= 0.3 is 5.97 Å². The van der Waals surface area contributed by atoms with E-state index in [1.165, 1.54) is 4.90 Å². The number of anilines is 1. The summed E-state index contributed by atoms with van der Waals surface area (Å²) in [4.78, 5) is 60.3. The zero-order valence-corrected chi connectivity index (χ0v) is 30.5. The molecule has 0 saturated carbocycles. The Morgan fingerprint density at radius 3 is 2.34 bits per heavy atom. The summed E-state index contributed by atoms with van der Waals surface area (Å²) < 4.78 is 13.0. The van der Waals surface area contributed by atoms with E-state index in [1.54, 1.807) is 17.1 Å². The van der Waals surface area contributed by atoms with Gasteiger partial charge in [-0.2, -0.15) is 0 Å². The molecule has 0 aliphatic carbocycles. The minimum atomic E-state index is -1.33. The van der Waals surface area contributed by atoms with E-state index in [2.05, 4.69) is 18.5 Å². The number of fused-ring (bicyclic) bond motifs is 1. The number of carbonyl (C=O) groups excluding carboxylic acids is 4. The van der Waals surface area contributed by atoms with Gasteiger partial charge in [0.1, 0.15) is 17.7 Å². The Kier molecular flexibility index (Phi) is 11.6. The molecule has 0 radical (unpaired) electrons. The molecule has 3 saturated heterocycles. The van der Waals surface area contributed by atoms with Crippen molar-refractivity contribution in [2.75, 3.05) is 24.6 Å². The Balaban J connectivity index is 1.38. The number of nitrogens with one attached hydrogen (secondary N) is 1. The van der Waals surface area contributed by atoms with E-state index < -0.39 is 60.2 Å². The van der Waals surface area contributed by atoms with Crippen molar-refractivity contribution in [2.45, 2.75) is 75.8 Å². The third-order valence-electron chi connectivity index (χ3n) is 10.9. The maximum Gasteiger partial charge on any atom is 0.313 e. The fourth-order valence-electron chi connectivity index (χ4n) is 8.61. The van der Waals surface area contributed by atoms with E-state index in [0.29, 0.717) is 31.2 Å². The van der Waals surface area contributed by atoms with Gasteiger partial charge in [-0.15, -0.1) is 13.2 Å². The molecule has 278 valence electrons. The highest BCUT2D eigenvalue weighted by atomic mass is 16.6. The van der Waals surface area contributed by atoms with E-state index in [1.807, 2.05) is 92.7 Å². The number of aryl methyl sites for hydroxylation is 2. The van der Waals surface area contributed by atoms with Gasteiger partial charge in [-0.25, -0.2) is 0 Å². The van der Waals surface area contributed by atoms with Gasteiger partial charge in [0, 0.05) is 18.7 Å². The Morgan fingerprint density at radius 2 is 1.70 bits per heavy atom. The number of benzene rings is 3. The maximum atomic E-state index is 15.2. The first-order valence-electron chi connectivity index (χ1n) is 18.4. The van der Waals surface area contributed by atoms with Gasteiger partial charge in [0.05, 0.1) is 37.1 Å². The van der Waals surface area contributed by atoms with Crippen molar-refractivity contribution < 1.29 is 33.8 Å². The van der Waals surface area contributed by atoms with Crippen LogP contribution >= 0.6 is 0 Å². The van der Waals surface area contributed by atoms with E-state index in [9.17, 15) is 19.5 Å². The van der Waals surface area contributed by atoms with E-state index in [-0.39, 0.29) is 31.3 Å². The molecule has 2 bridgehead atoms. The molecule has 3 aromatic carbocycles.